The van der Waals surface area contributed by atoms with Crippen LogP contribution in [-0.2, 0) is 20.3 Å². The second kappa shape index (κ2) is 4.29. The fourth-order valence-electron chi connectivity index (χ4n) is 1.79. The molecule has 0 radical (unpaired) electrons. The summed E-state index contributed by atoms with van der Waals surface area (Å²) in [7, 11) is -0.904. The monoisotopic (exact) mass is 246 g/mol. The van der Waals surface area contributed by atoms with Gasteiger partial charge in [-0.1, -0.05) is 0 Å². The molecule has 2 aliphatic rings. The van der Waals surface area contributed by atoms with Crippen LogP contribution in [0, 0.1) is 0 Å². The Morgan fingerprint density at radius 2 is 2.47 bits per heavy atom. The lowest BCUT2D eigenvalue weighted by Crippen LogP contribution is -2.46. The van der Waals surface area contributed by atoms with E-state index < -0.39 is 14.9 Å². The SMILES string of the molecule is C[C@]1([C@H]2CC(=O)C=CO2)SCCCS1=O. The molecule has 0 aromatic rings. The number of allylic oxidation sites excluding steroid dienone is 1. The summed E-state index contributed by atoms with van der Waals surface area (Å²) in [6.45, 7) is 1.95. The number of carbonyl (C=O) groups excluding carboxylic acids is 1. The molecule has 1 unspecified atom stereocenters. The zero-order valence-electron chi connectivity index (χ0n) is 8.60. The highest BCUT2D eigenvalue weighted by molar-refractivity contribution is 8.13. The van der Waals surface area contributed by atoms with E-state index in [2.05, 4.69) is 0 Å². The molecule has 0 saturated carbocycles. The molecule has 15 heavy (non-hydrogen) atoms. The third-order valence-corrected chi connectivity index (χ3v) is 6.85. The standard InChI is InChI=1S/C10H14O3S2/c1-10(14-5-2-6-15(10)12)9-7-8(11)3-4-13-9/h3-4,9H,2,5-7H2,1H3/t9-,10+,15?/m1/s1. The topological polar surface area (TPSA) is 43.4 Å². The summed E-state index contributed by atoms with van der Waals surface area (Å²) in [5, 5.41) is 0. The van der Waals surface area contributed by atoms with Gasteiger partial charge >= 0.3 is 0 Å². The molecular formula is C10H14O3S2. The molecule has 1 fully saturated rings. The van der Waals surface area contributed by atoms with Crippen molar-refractivity contribution in [3.63, 3.8) is 0 Å². The van der Waals surface area contributed by atoms with Gasteiger partial charge in [0.1, 0.15) is 10.2 Å². The van der Waals surface area contributed by atoms with Crippen LogP contribution in [0.3, 0.4) is 0 Å². The minimum Gasteiger partial charge on any atom is -0.495 e. The first-order chi connectivity index (χ1) is 7.13. The molecule has 0 bridgehead atoms. The third kappa shape index (κ3) is 2.13. The molecule has 0 spiro atoms. The Bertz CT molecular complexity index is 327. The molecule has 0 amide bonds. The van der Waals surface area contributed by atoms with E-state index in [1.165, 1.54) is 12.3 Å². The molecule has 3 atom stereocenters. The van der Waals surface area contributed by atoms with Gasteiger partial charge in [0.05, 0.1) is 6.26 Å². The van der Waals surface area contributed by atoms with Crippen LogP contribution in [0.5, 0.6) is 0 Å². The quantitative estimate of drug-likeness (QED) is 0.702. The van der Waals surface area contributed by atoms with Crippen LogP contribution in [0.25, 0.3) is 0 Å². The summed E-state index contributed by atoms with van der Waals surface area (Å²) in [5.41, 5.74) is 0. The van der Waals surface area contributed by atoms with E-state index in [0.717, 1.165) is 17.9 Å². The maximum absolute atomic E-state index is 12.0. The van der Waals surface area contributed by atoms with Crippen molar-refractivity contribution in [2.45, 2.75) is 29.9 Å². The fraction of sp³-hybridized carbons (Fsp3) is 0.700. The van der Waals surface area contributed by atoms with Crippen LogP contribution in [-0.4, -0.2) is 31.7 Å². The highest BCUT2D eigenvalue weighted by Crippen LogP contribution is 2.40. The Kier molecular flexibility index (Phi) is 3.21. The van der Waals surface area contributed by atoms with E-state index in [9.17, 15) is 9.00 Å². The third-order valence-electron chi connectivity index (χ3n) is 2.78. The Morgan fingerprint density at radius 1 is 1.67 bits per heavy atom. The first-order valence-electron chi connectivity index (χ1n) is 5.00. The molecule has 0 N–H and O–H groups in total. The van der Waals surface area contributed by atoms with Crippen LogP contribution < -0.4 is 0 Å². The molecule has 0 aliphatic carbocycles. The van der Waals surface area contributed by atoms with E-state index in [-0.39, 0.29) is 11.9 Å². The van der Waals surface area contributed by atoms with E-state index in [0.29, 0.717) is 6.42 Å². The average Bonchev–Trinajstić information content (AvgIpc) is 2.23. The zero-order chi connectivity index (χ0) is 10.9. The van der Waals surface area contributed by atoms with Crippen molar-refractivity contribution in [2.75, 3.05) is 11.5 Å². The summed E-state index contributed by atoms with van der Waals surface area (Å²) in [6.07, 6.45) is 3.99. The number of ketones is 1. The summed E-state index contributed by atoms with van der Waals surface area (Å²) in [6, 6.07) is 0. The van der Waals surface area contributed by atoms with Crippen LogP contribution in [0.1, 0.15) is 19.8 Å². The zero-order valence-corrected chi connectivity index (χ0v) is 10.2. The second-order valence-electron chi connectivity index (χ2n) is 3.87. The number of thioether (sulfide) groups is 1. The van der Waals surface area contributed by atoms with Gasteiger partial charge in [0, 0.05) is 29.0 Å². The van der Waals surface area contributed by atoms with Crippen LogP contribution in [0.2, 0.25) is 0 Å². The summed E-state index contributed by atoms with van der Waals surface area (Å²) in [4.78, 5) is 11.3. The van der Waals surface area contributed by atoms with Gasteiger partial charge in [0.25, 0.3) is 0 Å². The summed E-state index contributed by atoms with van der Waals surface area (Å²) >= 11 is 1.67. The largest absolute Gasteiger partial charge is 0.495 e. The summed E-state index contributed by atoms with van der Waals surface area (Å²) < 4.78 is 17.0. The second-order valence-corrected chi connectivity index (χ2v) is 7.62. The van der Waals surface area contributed by atoms with Crippen LogP contribution in [0.15, 0.2) is 12.3 Å². The van der Waals surface area contributed by atoms with Crippen molar-refractivity contribution in [3.05, 3.63) is 12.3 Å². The van der Waals surface area contributed by atoms with E-state index >= 15 is 0 Å². The fourth-order valence-corrected chi connectivity index (χ4v) is 5.26. The molecule has 2 aliphatic heterocycles. The van der Waals surface area contributed by atoms with E-state index in [1.807, 2.05) is 6.92 Å². The van der Waals surface area contributed by atoms with Gasteiger partial charge in [-0.05, 0) is 19.1 Å². The number of ether oxygens (including phenoxy) is 1. The van der Waals surface area contributed by atoms with Crippen molar-refractivity contribution in [3.8, 4) is 0 Å². The van der Waals surface area contributed by atoms with Gasteiger partial charge in [0.15, 0.2) is 5.78 Å². The minimum absolute atomic E-state index is 0.0654. The molecule has 2 rings (SSSR count). The lowest BCUT2D eigenvalue weighted by Gasteiger charge is -2.38. The number of hydrogen-bond donors (Lipinski definition) is 0. The maximum Gasteiger partial charge on any atom is 0.162 e. The predicted octanol–water partition coefficient (Wildman–Crippen LogP) is 1.46. The Labute approximate surface area is 96.1 Å². The number of carbonyl (C=O) groups is 1. The van der Waals surface area contributed by atoms with Gasteiger partial charge in [-0.15, -0.1) is 11.8 Å². The van der Waals surface area contributed by atoms with Crippen LogP contribution in [0.4, 0.5) is 0 Å². The maximum atomic E-state index is 12.0. The van der Waals surface area contributed by atoms with Crippen molar-refractivity contribution in [1.29, 1.82) is 0 Å². The molecule has 5 heteroatoms. The van der Waals surface area contributed by atoms with Crippen molar-refractivity contribution in [1.82, 2.24) is 0 Å². The van der Waals surface area contributed by atoms with Crippen molar-refractivity contribution < 1.29 is 13.7 Å². The predicted molar refractivity (Wildman–Crippen MR) is 62.1 cm³/mol. The Balaban J connectivity index is 2.17. The normalized spacial score (nSPS) is 41.3. The van der Waals surface area contributed by atoms with Crippen molar-refractivity contribution >= 4 is 28.3 Å². The first-order valence-corrected chi connectivity index (χ1v) is 7.30. The van der Waals surface area contributed by atoms with Crippen LogP contribution >= 0.6 is 11.8 Å². The van der Waals surface area contributed by atoms with E-state index in [1.54, 1.807) is 11.8 Å². The smallest absolute Gasteiger partial charge is 0.162 e. The lowest BCUT2D eigenvalue weighted by atomic mass is 10.1. The lowest BCUT2D eigenvalue weighted by molar-refractivity contribution is -0.118. The summed E-state index contributed by atoms with van der Waals surface area (Å²) in [5.74, 6) is 1.79. The molecule has 1 saturated heterocycles. The minimum atomic E-state index is -0.904. The highest BCUT2D eigenvalue weighted by atomic mass is 32.2. The van der Waals surface area contributed by atoms with Crippen molar-refractivity contribution in [2.24, 2.45) is 0 Å². The van der Waals surface area contributed by atoms with Gasteiger partial charge < -0.3 is 4.74 Å². The average molecular weight is 246 g/mol. The van der Waals surface area contributed by atoms with Gasteiger partial charge in [-0.3, -0.25) is 9.00 Å². The Morgan fingerprint density at radius 3 is 3.13 bits per heavy atom. The molecule has 0 aromatic carbocycles. The molecule has 2 heterocycles. The number of rotatable bonds is 1. The van der Waals surface area contributed by atoms with Gasteiger partial charge in [0.2, 0.25) is 0 Å². The van der Waals surface area contributed by atoms with Gasteiger partial charge in [-0.2, -0.15) is 0 Å². The number of hydrogen-bond acceptors (Lipinski definition) is 4. The highest BCUT2D eigenvalue weighted by Gasteiger charge is 2.45. The van der Waals surface area contributed by atoms with E-state index in [4.69, 9.17) is 4.74 Å². The molecule has 84 valence electrons. The van der Waals surface area contributed by atoms with Gasteiger partial charge in [-0.25, -0.2) is 0 Å². The molecular weight excluding hydrogens is 232 g/mol. The molecule has 3 nitrogen and oxygen atoms in total. The first kappa shape index (κ1) is 11.2. The molecule has 0 aromatic heterocycles. The Hall–Kier alpha value is -0.290.